The lowest BCUT2D eigenvalue weighted by Gasteiger charge is -2.39. The van der Waals surface area contributed by atoms with Gasteiger partial charge in [-0.25, -0.2) is 0 Å². The third-order valence-corrected chi connectivity index (χ3v) is 4.16. The number of nitrogens with zero attached hydrogens (tertiary/aromatic N) is 1. The Morgan fingerprint density at radius 3 is 2.72 bits per heavy atom. The monoisotopic (exact) mass is 256 g/mol. The summed E-state index contributed by atoms with van der Waals surface area (Å²) in [6.07, 6.45) is 5.27. The second-order valence-electron chi connectivity index (χ2n) is 5.45. The molecular weight excluding hydrogens is 232 g/mol. The summed E-state index contributed by atoms with van der Waals surface area (Å²) in [7, 11) is 0. The van der Waals surface area contributed by atoms with Crippen LogP contribution in [0.15, 0.2) is 0 Å². The SMILES string of the molecule is NC1(C(=O)N2CCCCCC2CO)CCOCC1. The summed E-state index contributed by atoms with van der Waals surface area (Å²) in [5.41, 5.74) is 5.47. The average Bonchev–Trinajstić information content (AvgIpc) is 2.63. The van der Waals surface area contributed by atoms with Crippen LogP contribution in [0.2, 0.25) is 0 Å². The minimum absolute atomic E-state index is 0.00625. The number of rotatable bonds is 2. The van der Waals surface area contributed by atoms with E-state index in [4.69, 9.17) is 10.5 Å². The van der Waals surface area contributed by atoms with E-state index in [9.17, 15) is 9.90 Å². The van der Waals surface area contributed by atoms with Crippen LogP contribution in [0.5, 0.6) is 0 Å². The maximum Gasteiger partial charge on any atom is 0.243 e. The van der Waals surface area contributed by atoms with Crippen LogP contribution < -0.4 is 5.73 Å². The molecule has 2 heterocycles. The van der Waals surface area contributed by atoms with Crippen LogP contribution in [0.1, 0.15) is 38.5 Å². The number of nitrogens with two attached hydrogens (primary N) is 1. The van der Waals surface area contributed by atoms with Crippen molar-refractivity contribution in [3.63, 3.8) is 0 Å². The standard InChI is InChI=1S/C13H24N2O3/c14-13(5-8-18-9-6-13)12(17)15-7-3-1-2-4-11(15)10-16/h11,16H,1-10,14H2. The van der Waals surface area contributed by atoms with Gasteiger partial charge in [0.2, 0.25) is 5.91 Å². The number of likely N-dealkylation sites (tertiary alicyclic amines) is 1. The molecule has 0 spiro atoms. The van der Waals surface area contributed by atoms with E-state index in [-0.39, 0.29) is 18.6 Å². The molecular formula is C13H24N2O3. The first-order chi connectivity index (χ1) is 8.67. The van der Waals surface area contributed by atoms with Crippen molar-refractivity contribution in [2.24, 2.45) is 5.73 Å². The number of aliphatic hydroxyl groups excluding tert-OH is 1. The Bertz CT molecular complexity index is 290. The van der Waals surface area contributed by atoms with Crippen molar-refractivity contribution in [2.45, 2.75) is 50.1 Å². The highest BCUT2D eigenvalue weighted by Crippen LogP contribution is 2.25. The first kappa shape index (κ1) is 13.8. The summed E-state index contributed by atoms with van der Waals surface area (Å²) in [6, 6.07) is -0.0525. The van der Waals surface area contributed by atoms with Crippen molar-refractivity contribution in [3.05, 3.63) is 0 Å². The second-order valence-corrected chi connectivity index (χ2v) is 5.45. The zero-order valence-electron chi connectivity index (χ0n) is 10.9. The molecule has 0 saturated carbocycles. The molecule has 5 heteroatoms. The van der Waals surface area contributed by atoms with E-state index in [1.807, 2.05) is 4.90 Å². The number of hydrogen-bond donors (Lipinski definition) is 2. The minimum atomic E-state index is -0.782. The number of ether oxygens (including phenoxy) is 1. The fourth-order valence-corrected chi connectivity index (χ4v) is 2.87. The number of hydrogen-bond acceptors (Lipinski definition) is 4. The molecule has 0 radical (unpaired) electrons. The molecule has 18 heavy (non-hydrogen) atoms. The Labute approximate surface area is 108 Å². The van der Waals surface area contributed by atoms with E-state index in [2.05, 4.69) is 0 Å². The number of carbonyl (C=O) groups is 1. The van der Waals surface area contributed by atoms with Crippen molar-refractivity contribution in [2.75, 3.05) is 26.4 Å². The molecule has 2 saturated heterocycles. The summed E-state index contributed by atoms with van der Waals surface area (Å²) >= 11 is 0. The molecule has 1 amide bonds. The zero-order chi connectivity index (χ0) is 13.0. The maximum absolute atomic E-state index is 12.6. The molecule has 1 atom stereocenters. The quantitative estimate of drug-likeness (QED) is 0.743. The normalized spacial score (nSPS) is 28.8. The van der Waals surface area contributed by atoms with Gasteiger partial charge in [0.05, 0.1) is 18.2 Å². The Balaban J connectivity index is 2.09. The van der Waals surface area contributed by atoms with Gasteiger partial charge in [-0.15, -0.1) is 0 Å². The van der Waals surface area contributed by atoms with E-state index in [1.54, 1.807) is 0 Å². The Kier molecular flexibility index (Phi) is 4.59. The lowest BCUT2D eigenvalue weighted by atomic mass is 9.89. The van der Waals surface area contributed by atoms with E-state index < -0.39 is 5.54 Å². The molecule has 0 aromatic carbocycles. The highest BCUT2D eigenvalue weighted by atomic mass is 16.5. The van der Waals surface area contributed by atoms with Crippen LogP contribution in [0, 0.1) is 0 Å². The van der Waals surface area contributed by atoms with Crippen molar-refractivity contribution in [3.8, 4) is 0 Å². The van der Waals surface area contributed by atoms with Gasteiger partial charge in [0, 0.05) is 19.8 Å². The van der Waals surface area contributed by atoms with E-state index in [0.717, 1.165) is 32.2 Å². The largest absolute Gasteiger partial charge is 0.394 e. The first-order valence-electron chi connectivity index (χ1n) is 6.96. The minimum Gasteiger partial charge on any atom is -0.394 e. The smallest absolute Gasteiger partial charge is 0.243 e. The molecule has 2 aliphatic heterocycles. The lowest BCUT2D eigenvalue weighted by molar-refractivity contribution is -0.143. The molecule has 0 bridgehead atoms. The maximum atomic E-state index is 12.6. The molecule has 2 fully saturated rings. The molecule has 2 rings (SSSR count). The van der Waals surface area contributed by atoms with Crippen LogP contribution in [0.4, 0.5) is 0 Å². The predicted octanol–water partition coefficient (Wildman–Crippen LogP) is 0.258. The lowest BCUT2D eigenvalue weighted by Crippen LogP contribution is -2.60. The fraction of sp³-hybridized carbons (Fsp3) is 0.923. The highest BCUT2D eigenvalue weighted by molar-refractivity contribution is 5.86. The molecule has 3 N–H and O–H groups in total. The second kappa shape index (κ2) is 5.99. The van der Waals surface area contributed by atoms with Crippen LogP contribution in [-0.2, 0) is 9.53 Å². The topological polar surface area (TPSA) is 75.8 Å². The van der Waals surface area contributed by atoms with E-state index in [0.29, 0.717) is 26.1 Å². The highest BCUT2D eigenvalue weighted by Gasteiger charge is 2.41. The third-order valence-electron chi connectivity index (χ3n) is 4.16. The van der Waals surface area contributed by atoms with Gasteiger partial charge in [0.1, 0.15) is 0 Å². The fourth-order valence-electron chi connectivity index (χ4n) is 2.87. The van der Waals surface area contributed by atoms with Gasteiger partial charge in [0.15, 0.2) is 0 Å². The van der Waals surface area contributed by atoms with Gasteiger partial charge in [-0.2, -0.15) is 0 Å². The average molecular weight is 256 g/mol. The zero-order valence-corrected chi connectivity index (χ0v) is 10.9. The summed E-state index contributed by atoms with van der Waals surface area (Å²) < 4.78 is 5.28. The summed E-state index contributed by atoms with van der Waals surface area (Å²) in [6.45, 7) is 1.88. The van der Waals surface area contributed by atoms with Crippen LogP contribution >= 0.6 is 0 Å². The predicted molar refractivity (Wildman–Crippen MR) is 68.0 cm³/mol. The number of carbonyl (C=O) groups excluding carboxylic acids is 1. The number of aliphatic hydroxyl groups is 1. The van der Waals surface area contributed by atoms with Crippen LogP contribution in [0.3, 0.4) is 0 Å². The first-order valence-corrected chi connectivity index (χ1v) is 6.96. The van der Waals surface area contributed by atoms with Gasteiger partial charge < -0.3 is 20.5 Å². The van der Waals surface area contributed by atoms with Gasteiger partial charge >= 0.3 is 0 Å². The summed E-state index contributed by atoms with van der Waals surface area (Å²) in [4.78, 5) is 14.4. The molecule has 5 nitrogen and oxygen atoms in total. The van der Waals surface area contributed by atoms with E-state index >= 15 is 0 Å². The van der Waals surface area contributed by atoms with Gasteiger partial charge in [-0.05, 0) is 25.7 Å². The molecule has 2 aliphatic rings. The number of amides is 1. The van der Waals surface area contributed by atoms with Crippen LogP contribution in [0.25, 0.3) is 0 Å². The molecule has 1 unspecified atom stereocenters. The van der Waals surface area contributed by atoms with Gasteiger partial charge in [0.25, 0.3) is 0 Å². The van der Waals surface area contributed by atoms with Gasteiger partial charge in [-0.3, -0.25) is 4.79 Å². The van der Waals surface area contributed by atoms with Crippen molar-refractivity contribution < 1.29 is 14.6 Å². The van der Waals surface area contributed by atoms with Crippen LogP contribution in [-0.4, -0.2) is 53.9 Å². The molecule has 104 valence electrons. The van der Waals surface area contributed by atoms with Gasteiger partial charge in [-0.1, -0.05) is 12.8 Å². The molecule has 0 aliphatic carbocycles. The summed E-state index contributed by atoms with van der Waals surface area (Å²) in [5.74, 6) is 0.00625. The third kappa shape index (κ3) is 2.84. The van der Waals surface area contributed by atoms with Crippen molar-refractivity contribution in [1.29, 1.82) is 0 Å². The Morgan fingerprint density at radius 1 is 1.33 bits per heavy atom. The Hall–Kier alpha value is -0.650. The molecule has 0 aromatic heterocycles. The summed E-state index contributed by atoms with van der Waals surface area (Å²) in [5, 5.41) is 9.46. The molecule has 0 aromatic rings. The Morgan fingerprint density at radius 2 is 2.06 bits per heavy atom. The van der Waals surface area contributed by atoms with Crippen molar-refractivity contribution >= 4 is 5.91 Å². The van der Waals surface area contributed by atoms with E-state index in [1.165, 1.54) is 0 Å². The van der Waals surface area contributed by atoms with Crippen molar-refractivity contribution in [1.82, 2.24) is 4.90 Å².